The van der Waals surface area contributed by atoms with Crippen molar-refractivity contribution in [2.45, 2.75) is 122 Å². The van der Waals surface area contributed by atoms with Crippen LogP contribution in [0.25, 0.3) is 0 Å². The molecule has 0 radical (unpaired) electrons. The van der Waals surface area contributed by atoms with Crippen LogP contribution in [0.5, 0.6) is 11.5 Å². The van der Waals surface area contributed by atoms with E-state index in [1.807, 2.05) is 0 Å². The lowest BCUT2D eigenvalue weighted by Crippen LogP contribution is -2.18. The maximum Gasteiger partial charge on any atom is 0.200 e. The molecule has 3 aliphatic carbocycles. The van der Waals surface area contributed by atoms with Crippen LogP contribution in [0, 0.1) is 41.0 Å². The first kappa shape index (κ1) is 31.2. The van der Waals surface area contributed by atoms with Gasteiger partial charge >= 0.3 is 0 Å². The zero-order chi connectivity index (χ0) is 29.5. The second-order valence-electron chi connectivity index (χ2n) is 13.1. The van der Waals surface area contributed by atoms with Crippen molar-refractivity contribution in [1.82, 2.24) is 0 Å². The SMILES string of the molecule is CCC(CCCCCOc1cc2c(c(F)c1F)CC(c1ccc(OCCCCCCC3CC3)c(F)c1F)CC2)C1CC1. The summed E-state index contributed by atoms with van der Waals surface area (Å²) in [5.41, 5.74) is 1.12. The summed E-state index contributed by atoms with van der Waals surface area (Å²) in [6.45, 7) is 2.98. The topological polar surface area (TPSA) is 18.5 Å². The van der Waals surface area contributed by atoms with Crippen LogP contribution in [0.3, 0.4) is 0 Å². The lowest BCUT2D eigenvalue weighted by molar-refractivity contribution is 0.279. The average Bonchev–Trinajstić information content (AvgIpc) is 3.92. The molecular formula is C36H48F4O2. The molecule has 2 saturated carbocycles. The van der Waals surface area contributed by atoms with E-state index in [-0.39, 0.29) is 29.0 Å². The van der Waals surface area contributed by atoms with Gasteiger partial charge in [0.15, 0.2) is 23.1 Å². The molecule has 2 atom stereocenters. The van der Waals surface area contributed by atoms with E-state index < -0.39 is 29.2 Å². The van der Waals surface area contributed by atoms with E-state index in [2.05, 4.69) is 6.92 Å². The molecule has 2 unspecified atom stereocenters. The molecule has 0 N–H and O–H groups in total. The van der Waals surface area contributed by atoms with Crippen LogP contribution in [0.2, 0.25) is 0 Å². The molecule has 6 heteroatoms. The van der Waals surface area contributed by atoms with E-state index in [0.717, 1.165) is 56.3 Å². The van der Waals surface area contributed by atoms with Crippen LogP contribution in [0.15, 0.2) is 18.2 Å². The van der Waals surface area contributed by atoms with E-state index in [4.69, 9.17) is 9.47 Å². The van der Waals surface area contributed by atoms with Crippen LogP contribution < -0.4 is 9.47 Å². The molecule has 0 amide bonds. The number of benzene rings is 2. The fraction of sp³-hybridized carbons (Fsp3) is 0.667. The van der Waals surface area contributed by atoms with Gasteiger partial charge in [-0.05, 0) is 97.4 Å². The van der Waals surface area contributed by atoms with Crippen LogP contribution >= 0.6 is 0 Å². The average molecular weight is 589 g/mol. The zero-order valence-electron chi connectivity index (χ0n) is 25.3. The lowest BCUT2D eigenvalue weighted by Gasteiger charge is -2.27. The standard InChI is InChI=1S/C36H48F4O2/c1-2-25(26-14-15-26)11-7-5-9-21-42-32-23-28-17-16-27(22-30(28)34(38)36(32)40)29-18-19-31(35(39)33(29)37)41-20-8-4-3-6-10-24-12-13-24/h18-19,23-27H,2-17,20-22H2,1H3. The van der Waals surface area contributed by atoms with Gasteiger partial charge in [-0.2, -0.15) is 8.78 Å². The highest BCUT2D eigenvalue weighted by Crippen LogP contribution is 2.41. The molecule has 0 spiro atoms. The Bertz CT molecular complexity index is 1170. The normalized spacial score (nSPS) is 19.0. The smallest absolute Gasteiger partial charge is 0.200 e. The molecule has 42 heavy (non-hydrogen) atoms. The minimum Gasteiger partial charge on any atom is -0.490 e. The van der Waals surface area contributed by atoms with Gasteiger partial charge in [0, 0.05) is 0 Å². The van der Waals surface area contributed by atoms with Crippen molar-refractivity contribution in [1.29, 1.82) is 0 Å². The maximum atomic E-state index is 15.2. The van der Waals surface area contributed by atoms with Gasteiger partial charge in [0.1, 0.15) is 0 Å². The second-order valence-corrected chi connectivity index (χ2v) is 13.1. The third-order valence-electron chi connectivity index (χ3n) is 9.85. The Labute approximate surface area is 249 Å². The van der Waals surface area contributed by atoms with Gasteiger partial charge in [-0.15, -0.1) is 0 Å². The Morgan fingerprint density at radius 2 is 1.43 bits per heavy atom. The van der Waals surface area contributed by atoms with E-state index in [1.54, 1.807) is 6.07 Å². The number of unbranched alkanes of at least 4 members (excludes halogenated alkanes) is 5. The Morgan fingerprint density at radius 3 is 2.14 bits per heavy atom. The molecule has 2 aromatic carbocycles. The van der Waals surface area contributed by atoms with Crippen molar-refractivity contribution in [3.8, 4) is 11.5 Å². The number of hydrogen-bond acceptors (Lipinski definition) is 2. The van der Waals surface area contributed by atoms with Crippen molar-refractivity contribution in [3.63, 3.8) is 0 Å². The summed E-state index contributed by atoms with van der Waals surface area (Å²) in [5, 5.41) is 0. The van der Waals surface area contributed by atoms with E-state index in [1.165, 1.54) is 63.5 Å². The number of rotatable bonds is 18. The highest BCUT2D eigenvalue weighted by Gasteiger charge is 2.31. The third kappa shape index (κ3) is 8.23. The molecule has 3 aliphatic rings. The second kappa shape index (κ2) is 15.0. The summed E-state index contributed by atoms with van der Waals surface area (Å²) in [6, 6.07) is 4.61. The van der Waals surface area contributed by atoms with Gasteiger partial charge in [-0.1, -0.05) is 77.2 Å². The van der Waals surface area contributed by atoms with E-state index in [0.29, 0.717) is 31.6 Å². The van der Waals surface area contributed by atoms with Crippen LogP contribution in [-0.2, 0) is 12.8 Å². The Hall–Kier alpha value is -2.24. The number of fused-ring (bicyclic) bond motifs is 1. The summed E-state index contributed by atoms with van der Waals surface area (Å²) in [4.78, 5) is 0. The molecule has 2 fully saturated rings. The summed E-state index contributed by atoms with van der Waals surface area (Å²) in [5.74, 6) is -1.74. The minimum absolute atomic E-state index is 0.0456. The fourth-order valence-electron chi connectivity index (χ4n) is 6.84. The molecule has 0 aliphatic heterocycles. The summed E-state index contributed by atoms with van der Waals surface area (Å²) in [6.07, 6.45) is 17.5. The quantitative estimate of drug-likeness (QED) is 0.127. The first-order chi connectivity index (χ1) is 20.5. The Morgan fingerprint density at radius 1 is 0.738 bits per heavy atom. The minimum atomic E-state index is -1.000. The summed E-state index contributed by atoms with van der Waals surface area (Å²) >= 11 is 0. The van der Waals surface area contributed by atoms with Crippen molar-refractivity contribution in [2.75, 3.05) is 13.2 Å². The van der Waals surface area contributed by atoms with Gasteiger partial charge in [-0.3, -0.25) is 0 Å². The predicted octanol–water partition coefficient (Wildman–Crippen LogP) is 10.6. The number of ether oxygens (including phenoxy) is 2. The monoisotopic (exact) mass is 588 g/mol. The van der Waals surface area contributed by atoms with Gasteiger partial charge < -0.3 is 9.47 Å². The van der Waals surface area contributed by atoms with Gasteiger partial charge in [0.05, 0.1) is 13.2 Å². The molecule has 0 heterocycles. The summed E-state index contributed by atoms with van der Waals surface area (Å²) in [7, 11) is 0. The number of aryl methyl sites for hydroxylation is 1. The Balaban J connectivity index is 1.10. The van der Waals surface area contributed by atoms with Crippen molar-refractivity contribution < 1.29 is 27.0 Å². The highest BCUT2D eigenvalue weighted by molar-refractivity contribution is 5.43. The summed E-state index contributed by atoms with van der Waals surface area (Å²) < 4.78 is 71.3. The van der Waals surface area contributed by atoms with E-state index >= 15 is 8.78 Å². The van der Waals surface area contributed by atoms with Crippen molar-refractivity contribution in [2.24, 2.45) is 17.8 Å². The molecule has 2 nitrogen and oxygen atoms in total. The van der Waals surface area contributed by atoms with Crippen molar-refractivity contribution in [3.05, 3.63) is 58.2 Å². The first-order valence-electron chi connectivity index (χ1n) is 16.7. The third-order valence-corrected chi connectivity index (χ3v) is 9.85. The van der Waals surface area contributed by atoms with Crippen LogP contribution in [0.1, 0.15) is 126 Å². The Kier molecular flexibility index (Phi) is 11.1. The molecule has 232 valence electrons. The molecule has 0 saturated heterocycles. The molecular weight excluding hydrogens is 540 g/mol. The first-order valence-corrected chi connectivity index (χ1v) is 16.7. The van der Waals surface area contributed by atoms with Crippen LogP contribution in [0.4, 0.5) is 17.6 Å². The molecule has 2 aromatic rings. The molecule has 0 bridgehead atoms. The van der Waals surface area contributed by atoms with Crippen LogP contribution in [-0.4, -0.2) is 13.2 Å². The predicted molar refractivity (Wildman–Crippen MR) is 159 cm³/mol. The highest BCUT2D eigenvalue weighted by atomic mass is 19.2. The number of hydrogen-bond donors (Lipinski definition) is 0. The van der Waals surface area contributed by atoms with Gasteiger partial charge in [0.2, 0.25) is 11.6 Å². The zero-order valence-corrected chi connectivity index (χ0v) is 25.3. The van der Waals surface area contributed by atoms with Gasteiger partial charge in [-0.25, -0.2) is 8.78 Å². The van der Waals surface area contributed by atoms with Crippen molar-refractivity contribution >= 4 is 0 Å². The number of halogens is 4. The maximum absolute atomic E-state index is 15.2. The van der Waals surface area contributed by atoms with Gasteiger partial charge in [0.25, 0.3) is 0 Å². The lowest BCUT2D eigenvalue weighted by atomic mass is 9.79. The van der Waals surface area contributed by atoms with E-state index in [9.17, 15) is 8.78 Å². The molecule has 0 aromatic heterocycles. The largest absolute Gasteiger partial charge is 0.490 e. The molecule has 5 rings (SSSR count). The fourth-order valence-corrected chi connectivity index (χ4v) is 6.84.